The van der Waals surface area contributed by atoms with Gasteiger partial charge in [-0.3, -0.25) is 0 Å². The maximum absolute atomic E-state index is 11.5. The van der Waals surface area contributed by atoms with Gasteiger partial charge in [0.05, 0.1) is 6.61 Å². The summed E-state index contributed by atoms with van der Waals surface area (Å²) in [6.45, 7) is 2.20. The van der Waals surface area contributed by atoms with Gasteiger partial charge in [0.2, 0.25) is 0 Å². The molecule has 1 aromatic carbocycles. The number of esters is 1. The minimum Gasteiger partial charge on any atom is -0.461 e. The number of ether oxygens (including phenoxy) is 1. The number of aromatic amines is 1. The van der Waals surface area contributed by atoms with Crippen LogP contribution in [0.15, 0.2) is 42.6 Å². The van der Waals surface area contributed by atoms with Gasteiger partial charge in [-0.05, 0) is 37.0 Å². The van der Waals surface area contributed by atoms with E-state index in [1.807, 2.05) is 30.5 Å². The van der Waals surface area contributed by atoms with Crippen LogP contribution in [0, 0.1) is 0 Å². The second-order valence-corrected chi connectivity index (χ2v) is 4.13. The van der Waals surface area contributed by atoms with E-state index in [1.54, 1.807) is 6.92 Å². The van der Waals surface area contributed by atoms with Gasteiger partial charge in [0.15, 0.2) is 0 Å². The van der Waals surface area contributed by atoms with Gasteiger partial charge in [-0.25, -0.2) is 4.79 Å². The van der Waals surface area contributed by atoms with Crippen molar-refractivity contribution < 1.29 is 9.53 Å². The molecule has 0 saturated heterocycles. The highest BCUT2D eigenvalue weighted by molar-refractivity contribution is 5.87. The molecule has 1 aromatic heterocycles. The average Bonchev–Trinajstić information content (AvgIpc) is 2.87. The molecule has 0 bridgehead atoms. The van der Waals surface area contributed by atoms with E-state index < -0.39 is 0 Å². The third-order valence-electron chi connectivity index (χ3n) is 2.78. The fourth-order valence-corrected chi connectivity index (χ4v) is 1.84. The van der Waals surface area contributed by atoms with Crippen LogP contribution in [-0.4, -0.2) is 17.6 Å². The van der Waals surface area contributed by atoms with Crippen molar-refractivity contribution in [2.75, 3.05) is 6.61 Å². The SMILES string of the molecule is CCOC(=O)c1cc(CCc2ccccc2)c[nH]1. The lowest BCUT2D eigenvalue weighted by molar-refractivity contribution is 0.0520. The van der Waals surface area contributed by atoms with E-state index in [0.29, 0.717) is 12.3 Å². The minimum atomic E-state index is -0.288. The molecule has 1 N–H and O–H groups in total. The van der Waals surface area contributed by atoms with E-state index >= 15 is 0 Å². The number of carbonyl (C=O) groups excluding carboxylic acids is 1. The number of carbonyl (C=O) groups is 1. The molecule has 18 heavy (non-hydrogen) atoms. The number of benzene rings is 1. The van der Waals surface area contributed by atoms with Crippen LogP contribution in [-0.2, 0) is 17.6 Å². The molecule has 0 aliphatic rings. The predicted molar refractivity (Wildman–Crippen MR) is 70.6 cm³/mol. The molecular weight excluding hydrogens is 226 g/mol. The number of hydrogen-bond acceptors (Lipinski definition) is 2. The highest BCUT2D eigenvalue weighted by atomic mass is 16.5. The second-order valence-electron chi connectivity index (χ2n) is 4.13. The Morgan fingerprint density at radius 1 is 1.17 bits per heavy atom. The third kappa shape index (κ3) is 3.23. The number of hydrogen-bond donors (Lipinski definition) is 1. The zero-order chi connectivity index (χ0) is 12.8. The van der Waals surface area contributed by atoms with Crippen LogP contribution >= 0.6 is 0 Å². The fraction of sp³-hybridized carbons (Fsp3) is 0.267. The summed E-state index contributed by atoms with van der Waals surface area (Å²) in [5, 5.41) is 0. The molecule has 3 nitrogen and oxygen atoms in total. The fourth-order valence-electron chi connectivity index (χ4n) is 1.84. The first-order valence-corrected chi connectivity index (χ1v) is 6.18. The monoisotopic (exact) mass is 243 g/mol. The molecular formula is C15H17NO2. The number of aromatic nitrogens is 1. The molecule has 3 heteroatoms. The zero-order valence-corrected chi connectivity index (χ0v) is 10.5. The Kier molecular flexibility index (Phi) is 4.18. The molecule has 0 saturated carbocycles. The second kappa shape index (κ2) is 6.05. The van der Waals surface area contributed by atoms with Crippen molar-refractivity contribution in [3.8, 4) is 0 Å². The molecule has 94 valence electrons. The van der Waals surface area contributed by atoms with E-state index in [0.717, 1.165) is 18.4 Å². The van der Waals surface area contributed by atoms with E-state index in [4.69, 9.17) is 4.74 Å². The molecule has 0 unspecified atom stereocenters. The molecule has 0 aliphatic carbocycles. The molecule has 1 heterocycles. The Morgan fingerprint density at radius 2 is 1.89 bits per heavy atom. The van der Waals surface area contributed by atoms with Crippen LogP contribution in [0.5, 0.6) is 0 Å². The van der Waals surface area contributed by atoms with Gasteiger partial charge in [0.1, 0.15) is 5.69 Å². The maximum atomic E-state index is 11.5. The lowest BCUT2D eigenvalue weighted by atomic mass is 10.1. The Hall–Kier alpha value is -2.03. The number of aryl methyl sites for hydroxylation is 2. The van der Waals surface area contributed by atoms with Gasteiger partial charge >= 0.3 is 5.97 Å². The van der Waals surface area contributed by atoms with Crippen LogP contribution in [0.4, 0.5) is 0 Å². The molecule has 0 fully saturated rings. The first-order valence-electron chi connectivity index (χ1n) is 6.18. The Morgan fingerprint density at radius 3 is 2.61 bits per heavy atom. The number of rotatable bonds is 5. The van der Waals surface area contributed by atoms with E-state index in [-0.39, 0.29) is 5.97 Å². The van der Waals surface area contributed by atoms with Crippen molar-refractivity contribution in [1.29, 1.82) is 0 Å². The Balaban J connectivity index is 1.93. The molecule has 0 atom stereocenters. The zero-order valence-electron chi connectivity index (χ0n) is 10.5. The first-order chi connectivity index (χ1) is 8.79. The van der Waals surface area contributed by atoms with Crippen molar-refractivity contribution in [3.63, 3.8) is 0 Å². The van der Waals surface area contributed by atoms with Crippen LogP contribution in [0.25, 0.3) is 0 Å². The minimum absolute atomic E-state index is 0.288. The molecule has 0 spiro atoms. The highest BCUT2D eigenvalue weighted by Gasteiger charge is 2.08. The third-order valence-corrected chi connectivity index (χ3v) is 2.78. The van der Waals surface area contributed by atoms with E-state index in [2.05, 4.69) is 17.1 Å². The summed E-state index contributed by atoms with van der Waals surface area (Å²) in [5.41, 5.74) is 2.96. The molecule has 2 aromatic rings. The molecule has 0 aliphatic heterocycles. The Bertz CT molecular complexity index is 502. The summed E-state index contributed by atoms with van der Waals surface area (Å²) in [7, 11) is 0. The van der Waals surface area contributed by atoms with Gasteiger partial charge in [-0.15, -0.1) is 0 Å². The van der Waals surface area contributed by atoms with E-state index in [1.165, 1.54) is 5.56 Å². The van der Waals surface area contributed by atoms with Crippen LogP contribution < -0.4 is 0 Å². The lowest BCUT2D eigenvalue weighted by Gasteiger charge is -1.99. The van der Waals surface area contributed by atoms with Gasteiger partial charge in [0, 0.05) is 6.20 Å². The molecule has 2 rings (SSSR count). The summed E-state index contributed by atoms with van der Waals surface area (Å²) in [4.78, 5) is 14.4. The summed E-state index contributed by atoms with van der Waals surface area (Å²) >= 11 is 0. The van der Waals surface area contributed by atoms with Crippen molar-refractivity contribution in [2.45, 2.75) is 19.8 Å². The van der Waals surface area contributed by atoms with Gasteiger partial charge < -0.3 is 9.72 Å². The predicted octanol–water partition coefficient (Wildman–Crippen LogP) is 2.98. The first kappa shape index (κ1) is 12.4. The summed E-state index contributed by atoms with van der Waals surface area (Å²) in [6.07, 6.45) is 3.76. The molecule has 0 amide bonds. The standard InChI is InChI=1S/C15H17NO2/c1-2-18-15(17)14-10-13(11-16-14)9-8-12-6-4-3-5-7-12/h3-7,10-11,16H,2,8-9H2,1H3. The Labute approximate surface area is 107 Å². The summed E-state index contributed by atoms with van der Waals surface area (Å²) in [5.74, 6) is -0.288. The van der Waals surface area contributed by atoms with Gasteiger partial charge in [-0.2, -0.15) is 0 Å². The van der Waals surface area contributed by atoms with Crippen molar-refractivity contribution >= 4 is 5.97 Å². The van der Waals surface area contributed by atoms with Crippen LogP contribution in [0.2, 0.25) is 0 Å². The maximum Gasteiger partial charge on any atom is 0.354 e. The average molecular weight is 243 g/mol. The van der Waals surface area contributed by atoms with Crippen molar-refractivity contribution in [2.24, 2.45) is 0 Å². The quantitative estimate of drug-likeness (QED) is 0.820. The topological polar surface area (TPSA) is 42.1 Å². The summed E-state index contributed by atoms with van der Waals surface area (Å²) in [6, 6.07) is 12.2. The number of nitrogens with one attached hydrogen (secondary N) is 1. The van der Waals surface area contributed by atoms with Crippen molar-refractivity contribution in [3.05, 3.63) is 59.4 Å². The normalized spacial score (nSPS) is 10.3. The van der Waals surface area contributed by atoms with E-state index in [9.17, 15) is 4.79 Å². The largest absolute Gasteiger partial charge is 0.461 e. The lowest BCUT2D eigenvalue weighted by Crippen LogP contribution is -2.04. The smallest absolute Gasteiger partial charge is 0.354 e. The van der Waals surface area contributed by atoms with Crippen LogP contribution in [0.1, 0.15) is 28.5 Å². The highest BCUT2D eigenvalue weighted by Crippen LogP contribution is 2.09. The van der Waals surface area contributed by atoms with Gasteiger partial charge in [-0.1, -0.05) is 30.3 Å². The number of H-pyrrole nitrogens is 1. The molecule has 0 radical (unpaired) electrons. The van der Waals surface area contributed by atoms with Crippen molar-refractivity contribution in [1.82, 2.24) is 4.98 Å². The van der Waals surface area contributed by atoms with Gasteiger partial charge in [0.25, 0.3) is 0 Å². The summed E-state index contributed by atoms with van der Waals surface area (Å²) < 4.78 is 4.93. The van der Waals surface area contributed by atoms with Crippen LogP contribution in [0.3, 0.4) is 0 Å².